The van der Waals surface area contributed by atoms with Gasteiger partial charge in [-0.05, 0) is 0 Å². The Morgan fingerprint density at radius 3 is 0.880 bits per heavy atom. The molecule has 0 aromatic rings. The minimum atomic E-state index is -5.67. The van der Waals surface area contributed by atoms with Gasteiger partial charge in [-0.15, -0.1) is 0 Å². The van der Waals surface area contributed by atoms with Crippen molar-refractivity contribution in [3.05, 3.63) is 0 Å². The molecule has 499 valence electrons. The van der Waals surface area contributed by atoms with Crippen LogP contribution in [-0.4, -0.2) is 396 Å². The molecule has 9 unspecified atom stereocenters. The molecule has 2 heterocycles. The average molecular weight is 1560 g/mol. The quantitative estimate of drug-likeness (QED) is 0.0628. The lowest BCUT2D eigenvalue weighted by atomic mass is 9.99. The van der Waals surface area contributed by atoms with Crippen LogP contribution in [0.15, 0.2) is 0 Å². The van der Waals surface area contributed by atoms with Gasteiger partial charge in [-0.3, -0.25) is 0 Å². The molecule has 0 bridgehead atoms. The van der Waals surface area contributed by atoms with Crippen LogP contribution in [0.25, 0.3) is 0 Å². The highest BCUT2D eigenvalue weighted by atomic mass is 32.3. The van der Waals surface area contributed by atoms with Crippen molar-refractivity contribution < 1.29 is 245 Å². The van der Waals surface area contributed by atoms with E-state index in [4.69, 9.17) is 35.1 Å². The van der Waals surface area contributed by atoms with E-state index in [1.165, 1.54) is 33.2 Å². The lowest BCUT2D eigenvalue weighted by Crippen LogP contribution is -2.66. The molecule has 0 amide bonds. The van der Waals surface area contributed by atoms with Crippen LogP contribution in [0.3, 0.4) is 0 Å². The fraction of sp³-hybridized carbons (Fsp3) is 1.00. The largest absolute Gasteiger partial charge is 0.412 e. The van der Waals surface area contributed by atoms with E-state index in [0.29, 0.717) is 0 Å². The van der Waals surface area contributed by atoms with Gasteiger partial charge in [0.25, 0.3) is 0 Å². The number of hydrogen-bond donors (Lipinski definition) is 0. The van der Waals surface area contributed by atoms with Crippen LogP contribution < -0.4 is 0 Å². The van der Waals surface area contributed by atoms with E-state index >= 15 is 0 Å². The van der Waals surface area contributed by atoms with Crippen molar-refractivity contribution in [2.24, 2.45) is 0 Å². The van der Waals surface area contributed by atoms with Crippen molar-refractivity contribution in [3.8, 4) is 0 Å². The summed E-state index contributed by atoms with van der Waals surface area (Å²) in [5.41, 5.74) is 0. The zero-order valence-electron chi connectivity index (χ0n) is 39.5. The maximum atomic E-state index is 12.9. The topological polar surface area (TPSA) is 1050 Å². The highest BCUT2D eigenvalue weighted by Gasteiger charge is 2.65. The van der Waals surface area contributed by atoms with E-state index in [9.17, 15) is 67.3 Å². The van der Waals surface area contributed by atoms with Crippen molar-refractivity contribution in [1.29, 1.82) is 0 Å². The summed E-state index contributed by atoms with van der Waals surface area (Å²) < 4.78 is 288. The van der Waals surface area contributed by atoms with Crippen molar-refractivity contribution in [3.63, 3.8) is 0 Å². The second kappa shape index (κ2) is 56.4. The first-order valence-electron chi connectivity index (χ1n) is 14.1. The summed E-state index contributed by atoms with van der Waals surface area (Å²) >= 11 is 9.26. The third-order valence-corrected chi connectivity index (χ3v) is 17.7. The van der Waals surface area contributed by atoms with E-state index in [-0.39, 0.29) is 121 Å². The van der Waals surface area contributed by atoms with Gasteiger partial charge in [0.2, 0.25) is 5.79 Å². The Kier molecular flexibility index (Phi) is 94.0. The van der Waals surface area contributed by atoms with Gasteiger partial charge >= 0.3 is 216 Å². The van der Waals surface area contributed by atoms with Crippen molar-refractivity contribution >= 4 is 234 Å². The minimum absolute atomic E-state index is 0. The summed E-state index contributed by atoms with van der Waals surface area (Å²) in [6, 6.07) is 0. The zero-order valence-corrected chi connectivity index (χ0v) is 56.4. The molecule has 2 aliphatic heterocycles. The normalized spacial score (nSPS) is 21.4. The van der Waals surface area contributed by atoms with Crippen molar-refractivity contribution in [2.75, 3.05) is 19.8 Å². The maximum absolute atomic E-state index is 12.9. The molecule has 2 saturated heterocycles. The second-order valence-electron chi connectivity index (χ2n) is 10.3. The first kappa shape index (κ1) is 138. The highest BCUT2D eigenvalue weighted by Crippen LogP contribution is 2.43. The Morgan fingerprint density at radius 2 is 0.566 bits per heavy atom. The predicted octanol–water partition coefficient (Wildman–Crippen LogP) is -26.5. The Bertz CT molecular complexity index is 2470. The number of rotatable bonds is 29. The van der Waals surface area contributed by atoms with Crippen LogP contribution in [0, 0.1) is 0 Å². The minimum Gasteiger partial charge on any atom is -0.412 e. The molecule has 0 aromatic carbocycles. The molecule has 0 aliphatic carbocycles. The monoisotopic (exact) mass is 1560 g/mol. The third-order valence-electron chi connectivity index (χ3n) is 6.59. The Balaban J connectivity index is -0.000000120. The van der Waals surface area contributed by atoms with E-state index in [2.05, 4.69) is 38.4 Å². The van der Waals surface area contributed by atoms with Crippen LogP contribution in [-0.2, 0) is 157 Å². The number of hydrogen-bond acceptors (Lipinski definition) is 35. The van der Waals surface area contributed by atoms with Gasteiger partial charge in [0.15, 0.2) is 18.5 Å². The van der Waals surface area contributed by atoms with Gasteiger partial charge < -0.3 is 144 Å². The van der Waals surface area contributed by atoms with Crippen LogP contribution in [0.1, 0.15) is 0 Å². The highest BCUT2D eigenvalue weighted by molar-refractivity contribution is 7.84. The average Bonchev–Trinajstić information content (AvgIpc) is 3.47. The maximum Gasteiger partial charge on any atom is 0.408 e. The second-order valence-corrected chi connectivity index (χ2v) is 24.6. The van der Waals surface area contributed by atoms with Crippen LogP contribution >= 0.6 is 0 Å². The smallest absolute Gasteiger partial charge is 0.408 e. The Hall–Kier alpha value is 2.87. The van der Waals surface area contributed by atoms with Crippen LogP contribution in [0.2, 0.25) is 0 Å². The van der Waals surface area contributed by atoms with E-state index in [1.54, 1.807) is 0 Å². The summed E-state index contributed by atoms with van der Waals surface area (Å²) in [7, 11) is -43.7. The van der Waals surface area contributed by atoms with Gasteiger partial charge in [-0.1, -0.05) is 0 Å². The molecule has 0 aromatic heterocycles. The Labute approximate surface area is 547 Å². The molecule has 0 spiro atoms. The van der Waals surface area contributed by atoms with Crippen molar-refractivity contribution in [2.45, 2.75) is 54.8 Å². The summed E-state index contributed by atoms with van der Waals surface area (Å²) in [5.74, 6) is -3.80. The Morgan fingerprint density at radius 1 is 0.313 bits per heavy atom. The molecule has 2 aliphatic rings. The third kappa shape index (κ3) is 44.2. The molecular formula is C12H52Al9O54S8. The van der Waals surface area contributed by atoms with E-state index in [1.807, 2.05) is 0 Å². The molecule has 83 heavy (non-hydrogen) atoms. The number of ether oxygens (including phenoxy) is 3. The molecule has 0 saturated carbocycles. The molecule has 2 rings (SSSR count). The first-order valence-corrected chi connectivity index (χ1v) is 28.5. The lowest BCUT2D eigenvalue weighted by Gasteiger charge is -2.46. The lowest BCUT2D eigenvalue weighted by molar-refractivity contribution is -0.374. The van der Waals surface area contributed by atoms with Crippen LogP contribution in [0.4, 0.5) is 0 Å². The van der Waals surface area contributed by atoms with Gasteiger partial charge in [0.1, 0.15) is 37.1 Å². The molecule has 71 heteroatoms. The van der Waals surface area contributed by atoms with Gasteiger partial charge in [-0.25, -0.2) is 33.5 Å². The predicted molar refractivity (Wildman–Crippen MR) is 260 cm³/mol. The summed E-state index contributed by atoms with van der Waals surface area (Å²) in [6.45, 7) is -5.31. The fourth-order valence-corrected chi connectivity index (χ4v) is 9.37. The first-order chi connectivity index (χ1) is 28.7. The zero-order chi connectivity index (χ0) is 48.7. The van der Waals surface area contributed by atoms with E-state index < -0.39 is 158 Å². The van der Waals surface area contributed by atoms with Gasteiger partial charge in [0.05, 0.1) is 13.2 Å². The fourth-order valence-electron chi connectivity index (χ4n) is 4.41. The molecule has 38 N–H and O–H groups in total. The standard InChI is InChI=1S/C12H22O35S8.9Al.19H2O/c13-48(14,15)37-1-4-6(43-51(22,23)24)8(45-53(28,29)30)9(46-54(31,32)33)11(40-4)42-12(3-39-50(19,20)21)10(47-55(34,35)36)7(44-52(25,26)27)5(41-12)2-38-49(16,17)18;;;;;;;;;;;;;;;;;;;;;;;;;;;;/h4-11H,1-3H2,(H,13,14,15)(H,16,17,18)(H,19,20,21)(H,22,23,24)(H,25,26,27)(H,28,29,30)(H,31,32,33)(H,34,35,36);;;;;;;;;;19*1H2/q;;8*+1;;;;;;;;;;;;;;;;;;;/p-8. The van der Waals surface area contributed by atoms with Gasteiger partial charge in [-0.2, -0.15) is 67.3 Å². The summed E-state index contributed by atoms with van der Waals surface area (Å²) in [5, 5.41) is 0. The molecule has 2 fully saturated rings. The van der Waals surface area contributed by atoms with E-state index in [0.717, 1.165) is 99.7 Å². The summed E-state index contributed by atoms with van der Waals surface area (Å²) in [4.78, 5) is 0. The van der Waals surface area contributed by atoms with Gasteiger partial charge in [0, 0.05) is 17.4 Å². The molecule has 54 nitrogen and oxygen atoms in total. The van der Waals surface area contributed by atoms with Crippen molar-refractivity contribution in [1.82, 2.24) is 0 Å². The summed E-state index contributed by atoms with van der Waals surface area (Å²) in [6.07, 6.45) is -23.4. The van der Waals surface area contributed by atoms with Crippen LogP contribution in [0.5, 0.6) is 0 Å². The SMILES string of the molecule is O.O.O.O.O.O.O.O.O.O.O.O.O.O.O.O.O.O.O.O=S(=O)([O][Al])OCC1OC(OC2(COS(=O)(=O)[O][Al])OC(COS(=O)(=O)[O][Al])C(OS(=O)(=O)[O][Al])C2OS(=O)(=O)[O][Al])C(OS(=O)(=O)[O][Al])C(OS(=O)(=O)[O][Al])C1OS(=O)(=O)[O][Al].[Al]. The molecular weight excluding hydrogens is 1510 g/mol. The molecule has 9 atom stereocenters. The molecule has 19 radical (unpaired) electrons.